The van der Waals surface area contributed by atoms with Crippen molar-refractivity contribution in [1.82, 2.24) is 14.5 Å². The molecule has 1 atom stereocenters. The van der Waals surface area contributed by atoms with Gasteiger partial charge in [0.05, 0.1) is 24.6 Å². The van der Waals surface area contributed by atoms with Gasteiger partial charge in [-0.25, -0.2) is 9.37 Å². The van der Waals surface area contributed by atoms with E-state index in [1.54, 1.807) is 42.7 Å². The van der Waals surface area contributed by atoms with Crippen molar-refractivity contribution in [3.8, 4) is 11.3 Å². The van der Waals surface area contributed by atoms with Crippen molar-refractivity contribution in [2.45, 2.75) is 19.6 Å². The van der Waals surface area contributed by atoms with Crippen LogP contribution >= 0.6 is 0 Å². The van der Waals surface area contributed by atoms with Crippen LogP contribution in [-0.4, -0.2) is 32.1 Å². The number of aliphatic carboxylic acids is 1. The number of nitrogens with zero attached hydrogens (tertiary/aromatic N) is 3. The van der Waals surface area contributed by atoms with Crippen LogP contribution in [0, 0.1) is 11.7 Å². The number of imidazole rings is 1. The predicted molar refractivity (Wildman–Crippen MR) is 91.6 cm³/mol. The van der Waals surface area contributed by atoms with Gasteiger partial charge in [-0.15, -0.1) is 0 Å². The van der Waals surface area contributed by atoms with Crippen LogP contribution in [0.15, 0.2) is 53.2 Å². The van der Waals surface area contributed by atoms with Crippen LogP contribution in [0.25, 0.3) is 11.3 Å². The number of aromatic nitrogens is 2. The van der Waals surface area contributed by atoms with Crippen LogP contribution in [0.2, 0.25) is 0 Å². The molecule has 1 N–H and O–H groups in total. The molecule has 6 nitrogen and oxygen atoms in total. The maximum atomic E-state index is 13.9. The van der Waals surface area contributed by atoms with Crippen molar-refractivity contribution in [1.29, 1.82) is 0 Å². The van der Waals surface area contributed by atoms with Gasteiger partial charge in [0.15, 0.2) is 0 Å². The van der Waals surface area contributed by atoms with Gasteiger partial charge in [-0.05, 0) is 24.3 Å². The third-order valence-corrected chi connectivity index (χ3v) is 4.59. The van der Waals surface area contributed by atoms with Crippen LogP contribution < -0.4 is 0 Å². The number of carboxylic acids is 1. The van der Waals surface area contributed by atoms with Crippen molar-refractivity contribution in [2.75, 3.05) is 6.54 Å². The number of benzene rings is 1. The van der Waals surface area contributed by atoms with Crippen LogP contribution in [0.5, 0.6) is 0 Å². The number of rotatable bonds is 4. The van der Waals surface area contributed by atoms with Crippen LogP contribution in [0.4, 0.5) is 4.39 Å². The lowest BCUT2D eigenvalue weighted by Gasteiger charge is -2.20. The van der Waals surface area contributed by atoms with E-state index in [-0.39, 0.29) is 5.82 Å². The molecule has 0 fully saturated rings. The molecule has 1 aliphatic heterocycles. The Labute approximate surface area is 149 Å². The molecule has 0 bridgehead atoms. The maximum Gasteiger partial charge on any atom is 0.309 e. The molecule has 3 heterocycles. The average molecular weight is 355 g/mol. The molecule has 2 aromatic heterocycles. The molecular formula is C19H18FN3O3. The van der Waals surface area contributed by atoms with Gasteiger partial charge in [0, 0.05) is 25.5 Å². The molecule has 1 unspecified atom stereocenters. The zero-order chi connectivity index (χ0) is 18.1. The standard InChI is InChI=1S/C19H18FN3O3/c20-16-4-2-1-3-15(16)17-6-5-14(26-17)11-22-9-13(19(24)25)10-23-8-7-21-18(23)12-22/h1-8,13H,9-12H2,(H,24,25). The highest BCUT2D eigenvalue weighted by atomic mass is 19.1. The minimum absolute atomic E-state index is 0.337. The third kappa shape index (κ3) is 3.25. The SMILES string of the molecule is O=C(O)C1CN(Cc2ccc(-c3ccccc3F)o2)Cc2nccn2C1. The first-order chi connectivity index (χ1) is 12.6. The quantitative estimate of drug-likeness (QED) is 0.779. The summed E-state index contributed by atoms with van der Waals surface area (Å²) >= 11 is 0. The lowest BCUT2D eigenvalue weighted by atomic mass is 10.1. The van der Waals surface area contributed by atoms with E-state index in [4.69, 9.17) is 4.42 Å². The maximum absolute atomic E-state index is 13.9. The van der Waals surface area contributed by atoms with Crippen molar-refractivity contribution in [3.05, 3.63) is 66.2 Å². The van der Waals surface area contributed by atoms with Crippen molar-refractivity contribution >= 4 is 5.97 Å². The zero-order valence-corrected chi connectivity index (χ0v) is 14.0. The Hall–Kier alpha value is -2.93. The molecule has 26 heavy (non-hydrogen) atoms. The van der Waals surface area contributed by atoms with E-state index >= 15 is 0 Å². The van der Waals surface area contributed by atoms with E-state index in [1.807, 2.05) is 9.47 Å². The third-order valence-electron chi connectivity index (χ3n) is 4.59. The number of halogens is 1. The topological polar surface area (TPSA) is 71.5 Å². The normalized spacial score (nSPS) is 17.7. The molecule has 0 spiro atoms. The van der Waals surface area contributed by atoms with Gasteiger partial charge in [-0.3, -0.25) is 9.69 Å². The summed E-state index contributed by atoms with van der Waals surface area (Å²) in [5.41, 5.74) is 0.411. The highest BCUT2D eigenvalue weighted by Crippen LogP contribution is 2.26. The second kappa shape index (κ2) is 6.76. The molecule has 1 aliphatic rings. The fourth-order valence-electron chi connectivity index (χ4n) is 3.30. The summed E-state index contributed by atoms with van der Waals surface area (Å²) in [5, 5.41) is 9.47. The number of fused-ring (bicyclic) bond motifs is 1. The molecule has 0 saturated carbocycles. The molecule has 4 rings (SSSR count). The van der Waals surface area contributed by atoms with Crippen LogP contribution in [-0.2, 0) is 24.4 Å². The van der Waals surface area contributed by atoms with E-state index in [9.17, 15) is 14.3 Å². The highest BCUT2D eigenvalue weighted by Gasteiger charge is 2.27. The first-order valence-corrected chi connectivity index (χ1v) is 8.39. The fraction of sp³-hybridized carbons (Fsp3) is 0.263. The molecule has 3 aromatic rings. The first-order valence-electron chi connectivity index (χ1n) is 8.39. The Morgan fingerprint density at radius 2 is 2.12 bits per heavy atom. The lowest BCUT2D eigenvalue weighted by Crippen LogP contribution is -2.31. The number of hydrogen-bond acceptors (Lipinski definition) is 4. The summed E-state index contributed by atoms with van der Waals surface area (Å²) in [6.07, 6.45) is 3.48. The number of furan rings is 1. The minimum Gasteiger partial charge on any atom is -0.481 e. The molecular weight excluding hydrogens is 337 g/mol. The molecule has 1 aromatic carbocycles. The molecule has 0 amide bonds. The average Bonchev–Trinajstić information content (AvgIpc) is 3.21. The molecule has 134 valence electrons. The van der Waals surface area contributed by atoms with Gasteiger partial charge in [-0.2, -0.15) is 0 Å². The van der Waals surface area contributed by atoms with Crippen molar-refractivity contribution in [3.63, 3.8) is 0 Å². The fourth-order valence-corrected chi connectivity index (χ4v) is 3.30. The number of carbonyl (C=O) groups is 1. The molecule has 0 aliphatic carbocycles. The van der Waals surface area contributed by atoms with Crippen molar-refractivity contribution < 1.29 is 18.7 Å². The Balaban J connectivity index is 1.55. The van der Waals surface area contributed by atoms with Crippen molar-refractivity contribution in [2.24, 2.45) is 5.92 Å². The van der Waals surface area contributed by atoms with E-state index in [0.29, 0.717) is 43.3 Å². The molecule has 0 radical (unpaired) electrons. The van der Waals surface area contributed by atoms with Gasteiger partial charge in [0.1, 0.15) is 23.2 Å². The Morgan fingerprint density at radius 3 is 2.92 bits per heavy atom. The minimum atomic E-state index is -0.831. The lowest BCUT2D eigenvalue weighted by molar-refractivity contribution is -0.142. The Morgan fingerprint density at radius 1 is 1.27 bits per heavy atom. The van der Waals surface area contributed by atoms with E-state index < -0.39 is 11.9 Å². The monoisotopic (exact) mass is 355 g/mol. The predicted octanol–water partition coefficient (Wildman–Crippen LogP) is 3.00. The number of hydrogen-bond donors (Lipinski definition) is 1. The van der Waals surface area contributed by atoms with E-state index in [2.05, 4.69) is 4.98 Å². The smallest absolute Gasteiger partial charge is 0.309 e. The largest absolute Gasteiger partial charge is 0.481 e. The second-order valence-corrected chi connectivity index (χ2v) is 6.45. The summed E-state index contributed by atoms with van der Waals surface area (Å²) < 4.78 is 21.6. The van der Waals surface area contributed by atoms with E-state index in [0.717, 1.165) is 5.82 Å². The summed E-state index contributed by atoms with van der Waals surface area (Å²) in [6.45, 7) is 1.77. The second-order valence-electron chi connectivity index (χ2n) is 6.45. The summed E-state index contributed by atoms with van der Waals surface area (Å²) in [6, 6.07) is 9.99. The Bertz CT molecular complexity index is 934. The first kappa shape index (κ1) is 16.5. The van der Waals surface area contributed by atoms with Crippen LogP contribution in [0.1, 0.15) is 11.6 Å². The van der Waals surface area contributed by atoms with Gasteiger partial charge in [0.2, 0.25) is 0 Å². The van der Waals surface area contributed by atoms with Crippen LogP contribution in [0.3, 0.4) is 0 Å². The highest BCUT2D eigenvalue weighted by molar-refractivity contribution is 5.70. The van der Waals surface area contributed by atoms with Gasteiger partial charge in [-0.1, -0.05) is 12.1 Å². The Kier molecular flexibility index (Phi) is 4.30. The summed E-state index contributed by atoms with van der Waals surface area (Å²) in [5.74, 6) is 0.261. The molecule has 0 saturated heterocycles. The molecule has 7 heteroatoms. The summed E-state index contributed by atoms with van der Waals surface area (Å²) in [7, 11) is 0. The zero-order valence-electron chi connectivity index (χ0n) is 14.0. The number of carboxylic acid groups (broad SMARTS) is 1. The summed E-state index contributed by atoms with van der Waals surface area (Å²) in [4.78, 5) is 17.8. The van der Waals surface area contributed by atoms with Gasteiger partial charge >= 0.3 is 5.97 Å². The van der Waals surface area contributed by atoms with Gasteiger partial charge in [0.25, 0.3) is 0 Å². The van der Waals surface area contributed by atoms with Gasteiger partial charge < -0.3 is 14.1 Å². The van der Waals surface area contributed by atoms with E-state index in [1.165, 1.54) is 6.07 Å².